The predicted octanol–water partition coefficient (Wildman–Crippen LogP) is 1.81. The number of amides is 1. The number of nitrogens with one attached hydrogen (secondary N) is 1. The Bertz CT molecular complexity index is 763. The Balaban J connectivity index is 1.45. The standard InChI is InChI=1S/C16H19N5OS/c1-11-10-17-16(23-11)21-8-6-20(7-9-21)15(22)14-12-4-2-3-5-13(12)18-19-14/h2-5,11H,6-10H2,1H3,(H,18,19)/t11-/m1/s1. The summed E-state index contributed by atoms with van der Waals surface area (Å²) in [5.41, 5.74) is 1.43. The van der Waals surface area contributed by atoms with Crippen molar-refractivity contribution >= 4 is 33.7 Å². The van der Waals surface area contributed by atoms with Gasteiger partial charge in [-0.05, 0) is 6.07 Å². The number of carbonyl (C=O) groups excluding carboxylic acids is 1. The van der Waals surface area contributed by atoms with E-state index >= 15 is 0 Å². The van der Waals surface area contributed by atoms with Gasteiger partial charge in [0.15, 0.2) is 10.9 Å². The number of hydrogen-bond donors (Lipinski definition) is 1. The van der Waals surface area contributed by atoms with Gasteiger partial charge in [0, 0.05) is 36.8 Å². The molecule has 23 heavy (non-hydrogen) atoms. The first-order chi connectivity index (χ1) is 11.2. The van der Waals surface area contributed by atoms with Crippen LogP contribution in [-0.2, 0) is 0 Å². The van der Waals surface area contributed by atoms with Gasteiger partial charge < -0.3 is 9.80 Å². The quantitative estimate of drug-likeness (QED) is 0.867. The molecule has 1 fully saturated rings. The molecule has 0 saturated carbocycles. The summed E-state index contributed by atoms with van der Waals surface area (Å²) < 4.78 is 0. The number of piperazine rings is 1. The van der Waals surface area contributed by atoms with Crippen LogP contribution in [0.5, 0.6) is 0 Å². The average Bonchev–Trinajstić information content (AvgIpc) is 3.21. The van der Waals surface area contributed by atoms with Crippen molar-refractivity contribution in [3.8, 4) is 0 Å². The summed E-state index contributed by atoms with van der Waals surface area (Å²) in [5, 5.41) is 9.75. The van der Waals surface area contributed by atoms with Crippen LogP contribution in [0.25, 0.3) is 10.9 Å². The summed E-state index contributed by atoms with van der Waals surface area (Å²) in [6.45, 7) is 6.21. The molecule has 2 aliphatic heterocycles. The molecule has 0 radical (unpaired) electrons. The van der Waals surface area contributed by atoms with Crippen molar-refractivity contribution in [3.63, 3.8) is 0 Å². The largest absolute Gasteiger partial charge is 0.348 e. The van der Waals surface area contributed by atoms with Gasteiger partial charge in [-0.25, -0.2) is 0 Å². The number of thioether (sulfide) groups is 1. The number of carbonyl (C=O) groups is 1. The van der Waals surface area contributed by atoms with Crippen molar-refractivity contribution in [1.29, 1.82) is 0 Å². The topological polar surface area (TPSA) is 64.6 Å². The molecular formula is C16H19N5OS. The normalized spacial score (nSPS) is 21.8. The summed E-state index contributed by atoms with van der Waals surface area (Å²) in [6, 6.07) is 7.75. The molecule has 0 aliphatic carbocycles. The first-order valence-corrected chi connectivity index (χ1v) is 8.79. The van der Waals surface area contributed by atoms with Gasteiger partial charge in [-0.15, -0.1) is 0 Å². The summed E-state index contributed by atoms with van der Waals surface area (Å²) in [5.74, 6) is 0.0106. The molecule has 0 spiro atoms. The van der Waals surface area contributed by atoms with Crippen LogP contribution in [0.2, 0.25) is 0 Å². The van der Waals surface area contributed by atoms with Gasteiger partial charge >= 0.3 is 0 Å². The number of H-pyrrole nitrogens is 1. The summed E-state index contributed by atoms with van der Waals surface area (Å²) in [4.78, 5) is 21.5. The highest BCUT2D eigenvalue weighted by Crippen LogP contribution is 2.24. The Morgan fingerprint density at radius 1 is 1.26 bits per heavy atom. The van der Waals surface area contributed by atoms with Crippen LogP contribution < -0.4 is 0 Å². The maximum atomic E-state index is 12.7. The maximum absolute atomic E-state index is 12.7. The van der Waals surface area contributed by atoms with Crippen molar-refractivity contribution in [2.75, 3.05) is 32.7 Å². The Hall–Kier alpha value is -2.02. The zero-order valence-electron chi connectivity index (χ0n) is 13.0. The second kappa shape index (κ2) is 5.88. The van der Waals surface area contributed by atoms with Crippen LogP contribution in [0.15, 0.2) is 29.3 Å². The SMILES string of the molecule is C[C@@H]1CN=C(N2CCN(C(=O)c3n[nH]c4ccccc34)CC2)S1. The Kier molecular flexibility index (Phi) is 3.72. The summed E-state index contributed by atoms with van der Waals surface area (Å²) in [6.07, 6.45) is 0. The second-order valence-corrected chi connectivity index (χ2v) is 7.35. The minimum atomic E-state index is 0.0106. The maximum Gasteiger partial charge on any atom is 0.275 e. The van der Waals surface area contributed by atoms with Gasteiger partial charge in [-0.3, -0.25) is 14.9 Å². The number of aromatic amines is 1. The van der Waals surface area contributed by atoms with Crippen LogP contribution in [0.4, 0.5) is 0 Å². The molecule has 0 bridgehead atoms. The fourth-order valence-electron chi connectivity index (χ4n) is 3.01. The minimum absolute atomic E-state index is 0.0106. The molecular weight excluding hydrogens is 310 g/mol. The number of aliphatic imine (C=N–C) groups is 1. The molecule has 7 heteroatoms. The third-order valence-electron chi connectivity index (χ3n) is 4.30. The lowest BCUT2D eigenvalue weighted by Crippen LogP contribution is -2.50. The van der Waals surface area contributed by atoms with Gasteiger partial charge in [0.2, 0.25) is 0 Å². The molecule has 1 aromatic carbocycles. The Labute approximate surface area is 138 Å². The predicted molar refractivity (Wildman–Crippen MR) is 92.9 cm³/mol. The highest BCUT2D eigenvalue weighted by Gasteiger charge is 2.28. The highest BCUT2D eigenvalue weighted by atomic mass is 32.2. The van der Waals surface area contributed by atoms with E-state index in [1.54, 1.807) is 0 Å². The van der Waals surface area contributed by atoms with Crippen molar-refractivity contribution in [3.05, 3.63) is 30.0 Å². The summed E-state index contributed by atoms with van der Waals surface area (Å²) >= 11 is 1.84. The van der Waals surface area contributed by atoms with Crippen molar-refractivity contribution in [1.82, 2.24) is 20.0 Å². The molecule has 0 unspecified atom stereocenters. The van der Waals surface area contributed by atoms with Crippen LogP contribution in [0, 0.1) is 0 Å². The number of benzene rings is 1. The molecule has 120 valence electrons. The molecule has 1 atom stereocenters. The fourth-order valence-corrected chi connectivity index (χ4v) is 4.00. The van der Waals surface area contributed by atoms with E-state index in [0.717, 1.165) is 35.7 Å². The van der Waals surface area contributed by atoms with Crippen molar-refractivity contribution in [2.45, 2.75) is 12.2 Å². The lowest BCUT2D eigenvalue weighted by molar-refractivity contribution is 0.0689. The van der Waals surface area contributed by atoms with Gasteiger partial charge in [-0.1, -0.05) is 36.9 Å². The van der Waals surface area contributed by atoms with Gasteiger partial charge in [0.05, 0.1) is 12.1 Å². The number of nitrogens with zero attached hydrogens (tertiary/aromatic N) is 4. The molecule has 3 heterocycles. The van der Waals surface area contributed by atoms with Crippen LogP contribution >= 0.6 is 11.8 Å². The van der Waals surface area contributed by atoms with E-state index in [-0.39, 0.29) is 5.91 Å². The molecule has 1 N–H and O–H groups in total. The van der Waals surface area contributed by atoms with E-state index in [9.17, 15) is 4.79 Å². The van der Waals surface area contributed by atoms with E-state index in [0.29, 0.717) is 24.0 Å². The molecule has 4 rings (SSSR count). The molecule has 1 saturated heterocycles. The van der Waals surface area contributed by atoms with Crippen LogP contribution in [0.1, 0.15) is 17.4 Å². The van der Waals surface area contributed by atoms with E-state index in [2.05, 4.69) is 27.0 Å². The second-order valence-electron chi connectivity index (χ2n) is 5.95. The zero-order valence-corrected chi connectivity index (χ0v) is 13.8. The first-order valence-electron chi connectivity index (χ1n) is 7.91. The van der Waals surface area contributed by atoms with Gasteiger partial charge in [0.1, 0.15) is 0 Å². The lowest BCUT2D eigenvalue weighted by atomic mass is 10.2. The molecule has 1 aromatic heterocycles. The fraction of sp³-hybridized carbons (Fsp3) is 0.438. The van der Waals surface area contributed by atoms with Crippen molar-refractivity contribution in [2.24, 2.45) is 4.99 Å². The number of para-hydroxylation sites is 1. The molecule has 2 aliphatic rings. The number of hydrogen-bond acceptors (Lipinski definition) is 5. The minimum Gasteiger partial charge on any atom is -0.348 e. The Morgan fingerprint density at radius 3 is 2.78 bits per heavy atom. The third kappa shape index (κ3) is 2.69. The summed E-state index contributed by atoms with van der Waals surface area (Å²) in [7, 11) is 0. The Morgan fingerprint density at radius 2 is 2.04 bits per heavy atom. The molecule has 2 aromatic rings. The van der Waals surface area contributed by atoms with Crippen molar-refractivity contribution < 1.29 is 4.79 Å². The molecule has 6 nitrogen and oxygen atoms in total. The van der Waals surface area contributed by atoms with E-state index < -0.39 is 0 Å². The number of fused-ring (bicyclic) bond motifs is 1. The average molecular weight is 329 g/mol. The smallest absolute Gasteiger partial charge is 0.275 e. The third-order valence-corrected chi connectivity index (χ3v) is 5.45. The molecule has 1 amide bonds. The van der Waals surface area contributed by atoms with Gasteiger partial charge in [0.25, 0.3) is 5.91 Å². The van der Waals surface area contributed by atoms with E-state index in [4.69, 9.17) is 0 Å². The van der Waals surface area contributed by atoms with Crippen LogP contribution in [-0.4, -0.2) is 69.0 Å². The first kappa shape index (κ1) is 14.6. The number of amidine groups is 1. The monoisotopic (exact) mass is 329 g/mol. The van der Waals surface area contributed by atoms with E-state index in [1.807, 2.05) is 40.9 Å². The number of aromatic nitrogens is 2. The van der Waals surface area contributed by atoms with E-state index in [1.165, 1.54) is 0 Å². The van der Waals surface area contributed by atoms with Gasteiger partial charge in [-0.2, -0.15) is 5.10 Å². The van der Waals surface area contributed by atoms with Crippen LogP contribution in [0.3, 0.4) is 0 Å². The highest BCUT2D eigenvalue weighted by molar-refractivity contribution is 8.14. The lowest BCUT2D eigenvalue weighted by Gasteiger charge is -2.35. The zero-order chi connectivity index (χ0) is 15.8. The number of rotatable bonds is 1.